The molecular weight excluding hydrogens is 205 g/mol. The van der Waals surface area contributed by atoms with E-state index >= 15 is 0 Å². The van der Waals surface area contributed by atoms with Gasteiger partial charge in [0.1, 0.15) is 5.82 Å². The first-order chi connectivity index (χ1) is 6.72. The van der Waals surface area contributed by atoms with E-state index in [-0.39, 0.29) is 18.2 Å². The van der Waals surface area contributed by atoms with E-state index in [0.717, 1.165) is 5.56 Å². The van der Waals surface area contributed by atoms with Crippen molar-refractivity contribution in [1.82, 2.24) is 0 Å². The molecule has 0 amide bonds. The Bertz CT molecular complexity index is 299. The van der Waals surface area contributed by atoms with Crippen molar-refractivity contribution in [3.05, 3.63) is 35.6 Å². The van der Waals surface area contributed by atoms with Crippen molar-refractivity contribution in [3.8, 4) is 0 Å². The van der Waals surface area contributed by atoms with Gasteiger partial charge in [-0.05, 0) is 17.7 Å². The van der Waals surface area contributed by atoms with Crippen LogP contribution < -0.4 is 0 Å². The van der Waals surface area contributed by atoms with Crippen molar-refractivity contribution in [2.45, 2.75) is 6.10 Å². The van der Waals surface area contributed by atoms with Gasteiger partial charge in [0, 0.05) is 6.21 Å². The van der Waals surface area contributed by atoms with E-state index in [1.54, 1.807) is 18.3 Å². The fourth-order valence-corrected chi connectivity index (χ4v) is 0.975. The van der Waals surface area contributed by atoms with Gasteiger partial charge in [0.05, 0.1) is 18.5 Å². The maximum absolute atomic E-state index is 12.5. The van der Waals surface area contributed by atoms with Gasteiger partial charge >= 0.3 is 0 Å². The van der Waals surface area contributed by atoms with Crippen LogP contribution in [-0.2, 0) is 0 Å². The summed E-state index contributed by atoms with van der Waals surface area (Å²) >= 11 is 5.38. The Labute approximate surface area is 87.0 Å². The van der Waals surface area contributed by atoms with Crippen molar-refractivity contribution in [2.24, 2.45) is 4.99 Å². The zero-order valence-electron chi connectivity index (χ0n) is 7.53. The Morgan fingerprint density at radius 1 is 1.43 bits per heavy atom. The molecule has 0 unspecified atom stereocenters. The Balaban J connectivity index is 2.48. The molecule has 0 saturated heterocycles. The van der Waals surface area contributed by atoms with Gasteiger partial charge < -0.3 is 5.11 Å². The molecule has 0 saturated carbocycles. The summed E-state index contributed by atoms with van der Waals surface area (Å²) in [5, 5.41) is 9.07. The van der Waals surface area contributed by atoms with Crippen LogP contribution in [0, 0.1) is 5.82 Å². The van der Waals surface area contributed by atoms with Crippen molar-refractivity contribution in [1.29, 1.82) is 0 Å². The average molecular weight is 216 g/mol. The predicted octanol–water partition coefficient (Wildman–Crippen LogP) is 1.84. The van der Waals surface area contributed by atoms with Crippen molar-refractivity contribution in [3.63, 3.8) is 0 Å². The molecule has 0 aliphatic carbocycles. The van der Waals surface area contributed by atoms with Gasteiger partial charge in [0.2, 0.25) is 0 Å². The molecule has 1 aromatic carbocycles. The Hall–Kier alpha value is -0.930. The lowest BCUT2D eigenvalue weighted by atomic mass is 10.2. The predicted molar refractivity (Wildman–Crippen MR) is 55.6 cm³/mol. The smallest absolute Gasteiger partial charge is 0.123 e. The molecule has 0 heterocycles. The molecular formula is C10H11ClFNO. The molecule has 0 aliphatic rings. The first kappa shape index (κ1) is 11.1. The zero-order chi connectivity index (χ0) is 10.4. The minimum absolute atomic E-state index is 0.167. The normalized spacial score (nSPS) is 13.4. The number of aliphatic hydroxyl groups excluding tert-OH is 1. The molecule has 0 fully saturated rings. The molecule has 0 radical (unpaired) electrons. The third-order valence-electron chi connectivity index (χ3n) is 1.60. The second-order valence-corrected chi connectivity index (χ2v) is 3.16. The second kappa shape index (κ2) is 5.73. The number of rotatable bonds is 4. The summed E-state index contributed by atoms with van der Waals surface area (Å²) in [4.78, 5) is 3.96. The van der Waals surface area contributed by atoms with Crippen LogP contribution in [0.4, 0.5) is 4.39 Å². The van der Waals surface area contributed by atoms with Gasteiger partial charge in [-0.2, -0.15) is 0 Å². The maximum atomic E-state index is 12.5. The van der Waals surface area contributed by atoms with E-state index < -0.39 is 6.10 Å². The summed E-state index contributed by atoms with van der Waals surface area (Å²) in [5.74, 6) is -0.108. The molecule has 4 heteroatoms. The first-order valence-corrected chi connectivity index (χ1v) is 4.75. The minimum atomic E-state index is -0.617. The van der Waals surface area contributed by atoms with Crippen molar-refractivity contribution < 1.29 is 9.50 Å². The molecule has 0 aliphatic heterocycles. The van der Waals surface area contributed by atoms with Crippen LogP contribution in [0.25, 0.3) is 0 Å². The van der Waals surface area contributed by atoms with E-state index in [9.17, 15) is 4.39 Å². The van der Waals surface area contributed by atoms with Gasteiger partial charge in [0.15, 0.2) is 0 Å². The zero-order valence-corrected chi connectivity index (χ0v) is 8.28. The monoisotopic (exact) mass is 215 g/mol. The number of alkyl halides is 1. The number of nitrogens with zero attached hydrogens (tertiary/aromatic N) is 1. The highest BCUT2D eigenvalue weighted by Crippen LogP contribution is 2.00. The van der Waals surface area contributed by atoms with Crippen molar-refractivity contribution in [2.75, 3.05) is 12.4 Å². The quantitative estimate of drug-likeness (QED) is 0.604. The van der Waals surface area contributed by atoms with E-state index in [4.69, 9.17) is 16.7 Å². The molecule has 0 aromatic heterocycles. The van der Waals surface area contributed by atoms with E-state index in [1.807, 2.05) is 0 Å². The van der Waals surface area contributed by atoms with Crippen LogP contribution in [0.2, 0.25) is 0 Å². The fourth-order valence-electron chi connectivity index (χ4n) is 0.877. The molecule has 1 rings (SSSR count). The largest absolute Gasteiger partial charge is 0.390 e. The van der Waals surface area contributed by atoms with Gasteiger partial charge in [-0.3, -0.25) is 4.99 Å². The SMILES string of the molecule is O[C@H](CCl)CN=Cc1ccc(F)cc1. The van der Waals surface area contributed by atoms with Gasteiger partial charge in [0.25, 0.3) is 0 Å². The van der Waals surface area contributed by atoms with E-state index in [0.29, 0.717) is 0 Å². The number of benzene rings is 1. The standard InChI is InChI=1S/C10H11ClFNO/c11-5-10(14)7-13-6-8-1-3-9(12)4-2-8/h1-4,6,10,14H,5,7H2/t10-/m1/s1. The average Bonchev–Trinajstić information content (AvgIpc) is 2.21. The molecule has 14 heavy (non-hydrogen) atoms. The highest BCUT2D eigenvalue weighted by Gasteiger charge is 1.97. The molecule has 0 spiro atoms. The third kappa shape index (κ3) is 3.85. The van der Waals surface area contributed by atoms with Crippen LogP contribution in [-0.4, -0.2) is 29.8 Å². The minimum Gasteiger partial charge on any atom is -0.390 e. The van der Waals surface area contributed by atoms with Crippen LogP contribution in [0.15, 0.2) is 29.3 Å². The number of hydrogen-bond acceptors (Lipinski definition) is 2. The van der Waals surface area contributed by atoms with Crippen molar-refractivity contribution >= 4 is 17.8 Å². The summed E-state index contributed by atoms with van der Waals surface area (Å²) in [6.07, 6.45) is 0.961. The van der Waals surface area contributed by atoms with Gasteiger partial charge in [-0.25, -0.2) is 4.39 Å². The number of hydrogen-bond donors (Lipinski definition) is 1. The summed E-state index contributed by atoms with van der Waals surface area (Å²) in [7, 11) is 0. The molecule has 0 bridgehead atoms. The molecule has 1 N–H and O–H groups in total. The summed E-state index contributed by atoms with van der Waals surface area (Å²) in [6.45, 7) is 0.265. The Morgan fingerprint density at radius 2 is 2.07 bits per heavy atom. The molecule has 1 aromatic rings. The molecule has 2 nitrogen and oxygen atoms in total. The lowest BCUT2D eigenvalue weighted by molar-refractivity contribution is 0.207. The van der Waals surface area contributed by atoms with E-state index in [2.05, 4.69) is 4.99 Å². The molecule has 1 atom stereocenters. The van der Waals surface area contributed by atoms with Crippen LogP contribution in [0.3, 0.4) is 0 Å². The van der Waals surface area contributed by atoms with Crippen LogP contribution in [0.5, 0.6) is 0 Å². The lowest BCUT2D eigenvalue weighted by Gasteiger charge is -2.00. The number of halogens is 2. The number of aliphatic imine (C=N–C) groups is 1. The summed E-state index contributed by atoms with van der Waals surface area (Å²) in [6, 6.07) is 5.95. The topological polar surface area (TPSA) is 32.6 Å². The van der Waals surface area contributed by atoms with Crippen LogP contribution in [0.1, 0.15) is 5.56 Å². The second-order valence-electron chi connectivity index (χ2n) is 2.85. The number of aliphatic hydroxyl groups is 1. The summed E-state index contributed by atoms with van der Waals surface area (Å²) in [5.41, 5.74) is 0.799. The van der Waals surface area contributed by atoms with Crippen LogP contribution >= 0.6 is 11.6 Å². The Kier molecular flexibility index (Phi) is 4.56. The lowest BCUT2D eigenvalue weighted by Crippen LogP contribution is -2.12. The maximum Gasteiger partial charge on any atom is 0.123 e. The first-order valence-electron chi connectivity index (χ1n) is 4.22. The fraction of sp³-hybridized carbons (Fsp3) is 0.300. The van der Waals surface area contributed by atoms with Gasteiger partial charge in [-0.15, -0.1) is 11.6 Å². The molecule has 76 valence electrons. The summed E-state index contributed by atoms with van der Waals surface area (Å²) < 4.78 is 12.5. The highest BCUT2D eigenvalue weighted by atomic mass is 35.5. The highest BCUT2D eigenvalue weighted by molar-refractivity contribution is 6.18. The van der Waals surface area contributed by atoms with E-state index in [1.165, 1.54) is 12.1 Å². The third-order valence-corrected chi connectivity index (χ3v) is 1.96. The Morgan fingerprint density at radius 3 is 2.64 bits per heavy atom. The van der Waals surface area contributed by atoms with Gasteiger partial charge in [-0.1, -0.05) is 12.1 Å².